The van der Waals surface area contributed by atoms with Gasteiger partial charge in [-0.2, -0.15) is 0 Å². The number of benzene rings is 1. The molecule has 1 aromatic carbocycles. The lowest BCUT2D eigenvalue weighted by Crippen LogP contribution is -2.16. The van der Waals surface area contributed by atoms with E-state index in [2.05, 4.69) is 15.2 Å². The van der Waals surface area contributed by atoms with Gasteiger partial charge >= 0.3 is 0 Å². The first kappa shape index (κ1) is 18.6. The fraction of sp³-hybridized carbons (Fsp3) is 0.211. The Morgan fingerprint density at radius 2 is 2.00 bits per heavy atom. The average Bonchev–Trinajstić information content (AvgIpc) is 3.41. The van der Waals surface area contributed by atoms with Gasteiger partial charge in [0.2, 0.25) is 5.16 Å². The van der Waals surface area contributed by atoms with Gasteiger partial charge in [0.15, 0.2) is 16.6 Å². The summed E-state index contributed by atoms with van der Waals surface area (Å²) >= 11 is 3.03. The van der Waals surface area contributed by atoms with Crippen molar-refractivity contribution < 1.29 is 9.15 Å². The number of para-hydroxylation sites is 1. The number of hydrogen-bond donors (Lipinski definition) is 1. The first-order valence-corrected chi connectivity index (χ1v) is 10.5. The molecular formula is C19H19N5O2S2. The fourth-order valence-electron chi connectivity index (χ4n) is 2.69. The minimum Gasteiger partial charge on any atom is -0.485 e. The summed E-state index contributed by atoms with van der Waals surface area (Å²) in [5, 5.41) is 11.8. The van der Waals surface area contributed by atoms with Crippen LogP contribution in [0.25, 0.3) is 10.8 Å². The smallest absolute Gasteiger partial charge is 0.210 e. The van der Waals surface area contributed by atoms with Crippen LogP contribution in [0.15, 0.2) is 51.5 Å². The predicted octanol–water partition coefficient (Wildman–Crippen LogP) is 4.20. The standard InChI is InChI=1S/C19H19N5O2S2/c1-12-5-3-6-13(2)17(12)26-9-16-22-23-19(24(16)20)28-11-14-10-27-18(21-14)15-7-4-8-25-15/h3-8,10H,9,11,20H2,1-2H3. The molecule has 0 radical (unpaired) electrons. The third kappa shape index (κ3) is 3.90. The van der Waals surface area contributed by atoms with Crippen molar-refractivity contribution in [3.8, 4) is 16.5 Å². The van der Waals surface area contributed by atoms with Crippen LogP contribution in [-0.4, -0.2) is 19.9 Å². The molecular weight excluding hydrogens is 394 g/mol. The highest BCUT2D eigenvalue weighted by atomic mass is 32.2. The Labute approximate surface area is 170 Å². The van der Waals surface area contributed by atoms with Crippen molar-refractivity contribution >= 4 is 23.1 Å². The van der Waals surface area contributed by atoms with Crippen LogP contribution in [0.1, 0.15) is 22.6 Å². The number of nitrogens with two attached hydrogens (primary N) is 1. The number of aryl methyl sites for hydroxylation is 2. The molecule has 0 aliphatic heterocycles. The summed E-state index contributed by atoms with van der Waals surface area (Å²) in [6.45, 7) is 4.29. The minimum absolute atomic E-state index is 0.259. The molecule has 28 heavy (non-hydrogen) atoms. The molecule has 0 fully saturated rings. The Balaban J connectivity index is 1.38. The van der Waals surface area contributed by atoms with Crippen LogP contribution in [0.2, 0.25) is 0 Å². The van der Waals surface area contributed by atoms with Crippen molar-refractivity contribution in [3.63, 3.8) is 0 Å². The fourth-order valence-corrected chi connectivity index (χ4v) is 4.35. The maximum Gasteiger partial charge on any atom is 0.210 e. The predicted molar refractivity (Wildman–Crippen MR) is 110 cm³/mol. The van der Waals surface area contributed by atoms with Crippen LogP contribution in [-0.2, 0) is 12.4 Å². The Morgan fingerprint density at radius 3 is 2.75 bits per heavy atom. The van der Waals surface area contributed by atoms with Crippen molar-refractivity contribution in [2.24, 2.45) is 0 Å². The number of rotatable bonds is 7. The molecule has 0 saturated heterocycles. The number of furan rings is 1. The highest BCUT2D eigenvalue weighted by Crippen LogP contribution is 2.28. The van der Waals surface area contributed by atoms with Gasteiger partial charge < -0.3 is 15.0 Å². The van der Waals surface area contributed by atoms with Crippen LogP contribution in [0, 0.1) is 13.8 Å². The van der Waals surface area contributed by atoms with Crippen LogP contribution in [0.5, 0.6) is 5.75 Å². The summed E-state index contributed by atoms with van der Waals surface area (Å²) in [7, 11) is 0. The first-order chi connectivity index (χ1) is 13.6. The Morgan fingerprint density at radius 1 is 1.18 bits per heavy atom. The minimum atomic E-state index is 0.259. The molecule has 4 rings (SSSR count). The van der Waals surface area contributed by atoms with Crippen LogP contribution in [0.3, 0.4) is 0 Å². The molecule has 7 nitrogen and oxygen atoms in total. The first-order valence-electron chi connectivity index (χ1n) is 8.61. The molecule has 4 aromatic rings. The van der Waals surface area contributed by atoms with Crippen molar-refractivity contribution in [2.75, 3.05) is 5.84 Å². The van der Waals surface area contributed by atoms with E-state index >= 15 is 0 Å². The van der Waals surface area contributed by atoms with E-state index in [0.717, 1.165) is 33.3 Å². The van der Waals surface area contributed by atoms with Crippen molar-refractivity contribution in [1.29, 1.82) is 0 Å². The maximum absolute atomic E-state index is 6.15. The quantitative estimate of drug-likeness (QED) is 0.359. The van der Waals surface area contributed by atoms with Gasteiger partial charge in [0, 0.05) is 11.1 Å². The number of thiazole rings is 1. The molecule has 144 valence electrons. The zero-order chi connectivity index (χ0) is 19.5. The third-order valence-electron chi connectivity index (χ3n) is 4.12. The topological polar surface area (TPSA) is 92.0 Å². The summed E-state index contributed by atoms with van der Waals surface area (Å²) in [5.41, 5.74) is 3.10. The van der Waals surface area contributed by atoms with E-state index in [1.807, 2.05) is 49.6 Å². The van der Waals surface area contributed by atoms with Crippen molar-refractivity contribution in [1.82, 2.24) is 19.9 Å². The molecule has 9 heteroatoms. The highest BCUT2D eigenvalue weighted by molar-refractivity contribution is 7.98. The van der Waals surface area contributed by atoms with Crippen LogP contribution >= 0.6 is 23.1 Å². The lowest BCUT2D eigenvalue weighted by Gasteiger charge is -2.11. The van der Waals surface area contributed by atoms with Crippen molar-refractivity contribution in [3.05, 3.63) is 64.6 Å². The van der Waals surface area contributed by atoms with Gasteiger partial charge in [0.1, 0.15) is 12.4 Å². The molecule has 0 aliphatic carbocycles. The third-order valence-corrected chi connectivity index (χ3v) is 6.00. The second-order valence-electron chi connectivity index (χ2n) is 6.19. The number of nitrogen functional groups attached to an aromatic ring is 1. The summed E-state index contributed by atoms with van der Waals surface area (Å²) in [4.78, 5) is 4.58. The highest BCUT2D eigenvalue weighted by Gasteiger charge is 2.14. The van der Waals surface area contributed by atoms with Gasteiger partial charge in [-0.05, 0) is 37.1 Å². The number of nitrogens with zero attached hydrogens (tertiary/aromatic N) is 4. The Bertz CT molecular complexity index is 1050. The zero-order valence-corrected chi connectivity index (χ0v) is 17.1. The Hall–Kier alpha value is -2.78. The molecule has 2 N–H and O–H groups in total. The van der Waals surface area contributed by atoms with E-state index in [1.54, 1.807) is 17.6 Å². The van der Waals surface area contributed by atoms with Gasteiger partial charge in [-0.15, -0.1) is 21.5 Å². The molecule has 0 spiro atoms. The van der Waals surface area contributed by atoms with E-state index < -0.39 is 0 Å². The van der Waals surface area contributed by atoms with E-state index in [4.69, 9.17) is 15.0 Å². The molecule has 0 saturated carbocycles. The molecule has 0 aliphatic rings. The van der Waals surface area contributed by atoms with E-state index in [9.17, 15) is 0 Å². The lowest BCUT2D eigenvalue weighted by molar-refractivity contribution is 0.288. The van der Waals surface area contributed by atoms with Crippen LogP contribution in [0.4, 0.5) is 0 Å². The van der Waals surface area contributed by atoms with Gasteiger partial charge in [-0.3, -0.25) is 0 Å². The summed E-state index contributed by atoms with van der Waals surface area (Å²) in [5.74, 6) is 8.99. The van der Waals surface area contributed by atoms with Gasteiger partial charge in [0.25, 0.3) is 0 Å². The lowest BCUT2D eigenvalue weighted by atomic mass is 10.1. The second kappa shape index (κ2) is 8.07. The number of ether oxygens (including phenoxy) is 1. The molecule has 0 unspecified atom stereocenters. The van der Waals surface area contributed by atoms with E-state index in [1.165, 1.54) is 16.4 Å². The molecule has 0 bridgehead atoms. The SMILES string of the molecule is Cc1cccc(C)c1OCc1nnc(SCc2csc(-c3ccco3)n2)n1N. The summed E-state index contributed by atoms with van der Waals surface area (Å²) < 4.78 is 12.8. The second-order valence-corrected chi connectivity index (χ2v) is 7.99. The van der Waals surface area contributed by atoms with Gasteiger partial charge in [-0.1, -0.05) is 30.0 Å². The number of hydrogen-bond acceptors (Lipinski definition) is 8. The molecule has 0 amide bonds. The van der Waals surface area contributed by atoms with Crippen LogP contribution < -0.4 is 10.6 Å². The zero-order valence-electron chi connectivity index (χ0n) is 15.5. The normalized spacial score (nSPS) is 11.1. The van der Waals surface area contributed by atoms with Crippen molar-refractivity contribution in [2.45, 2.75) is 31.4 Å². The van der Waals surface area contributed by atoms with E-state index in [0.29, 0.717) is 16.7 Å². The summed E-state index contributed by atoms with van der Waals surface area (Å²) in [6, 6.07) is 9.79. The number of aromatic nitrogens is 4. The summed E-state index contributed by atoms with van der Waals surface area (Å²) in [6.07, 6.45) is 1.64. The van der Waals surface area contributed by atoms with Gasteiger partial charge in [0.05, 0.1) is 12.0 Å². The number of thioether (sulfide) groups is 1. The molecule has 3 heterocycles. The van der Waals surface area contributed by atoms with Gasteiger partial charge in [-0.25, -0.2) is 9.66 Å². The average molecular weight is 414 g/mol. The maximum atomic E-state index is 6.15. The largest absolute Gasteiger partial charge is 0.485 e. The Kier molecular flexibility index (Phi) is 5.36. The monoisotopic (exact) mass is 413 g/mol. The molecule has 3 aromatic heterocycles. The van der Waals surface area contributed by atoms with E-state index in [-0.39, 0.29) is 6.61 Å². The molecule has 0 atom stereocenters.